The Morgan fingerprint density at radius 2 is 1.96 bits per heavy atom. The van der Waals surface area contributed by atoms with Gasteiger partial charge in [0, 0.05) is 31.8 Å². The van der Waals surface area contributed by atoms with Gasteiger partial charge in [0.15, 0.2) is 11.5 Å². The van der Waals surface area contributed by atoms with Crippen molar-refractivity contribution >= 4 is 5.91 Å². The normalized spacial score (nSPS) is 16.3. The molecule has 2 heterocycles. The van der Waals surface area contributed by atoms with Crippen LogP contribution in [0.15, 0.2) is 35.1 Å². The summed E-state index contributed by atoms with van der Waals surface area (Å²) in [6.07, 6.45) is 0.545. The minimum atomic E-state index is -0.156. The summed E-state index contributed by atoms with van der Waals surface area (Å²) < 4.78 is 18.1. The van der Waals surface area contributed by atoms with Gasteiger partial charge in [-0.2, -0.15) is 0 Å². The Bertz CT molecular complexity index is 906. The highest BCUT2D eigenvalue weighted by Crippen LogP contribution is 2.32. The number of hydrogen-bond donors (Lipinski definition) is 0. The third-order valence-electron chi connectivity index (χ3n) is 4.84. The monoisotopic (exact) mass is 372 g/mol. The number of carbonyl (C=O) groups excluding carboxylic acids is 1. The van der Waals surface area contributed by atoms with E-state index >= 15 is 0 Å². The molecule has 1 aliphatic rings. The molecule has 1 amide bonds. The molecule has 3 rings (SSSR count). The lowest BCUT2D eigenvalue weighted by Gasteiger charge is -2.19. The number of para-hydroxylation sites is 1. The van der Waals surface area contributed by atoms with E-state index in [1.165, 1.54) is 20.3 Å². The lowest BCUT2D eigenvalue weighted by atomic mass is 10.1. The summed E-state index contributed by atoms with van der Waals surface area (Å²) in [5.74, 6) is 1.35. The number of amides is 1. The average molecular weight is 372 g/mol. The van der Waals surface area contributed by atoms with E-state index in [2.05, 4.69) is 0 Å². The van der Waals surface area contributed by atoms with Crippen LogP contribution in [0.5, 0.6) is 17.2 Å². The summed E-state index contributed by atoms with van der Waals surface area (Å²) in [5.41, 5.74) is 1.17. The van der Waals surface area contributed by atoms with Crippen LogP contribution in [0.3, 0.4) is 0 Å². The summed E-state index contributed by atoms with van der Waals surface area (Å²) in [6.45, 7) is 2.88. The Kier molecular flexibility index (Phi) is 5.39. The molecule has 0 spiro atoms. The van der Waals surface area contributed by atoms with Gasteiger partial charge in [-0.3, -0.25) is 9.59 Å². The first-order chi connectivity index (χ1) is 12.9. The van der Waals surface area contributed by atoms with Crippen molar-refractivity contribution in [2.45, 2.75) is 19.4 Å². The van der Waals surface area contributed by atoms with Crippen molar-refractivity contribution in [3.05, 3.63) is 51.9 Å². The Morgan fingerprint density at radius 1 is 1.19 bits per heavy atom. The van der Waals surface area contributed by atoms with Crippen LogP contribution in [-0.2, 0) is 7.05 Å². The minimum absolute atomic E-state index is 0.114. The van der Waals surface area contributed by atoms with Crippen molar-refractivity contribution in [1.29, 1.82) is 0 Å². The highest BCUT2D eigenvalue weighted by molar-refractivity contribution is 5.98. The Balaban J connectivity index is 1.73. The maximum absolute atomic E-state index is 12.9. The molecule has 0 radical (unpaired) electrons. The van der Waals surface area contributed by atoms with E-state index in [-0.39, 0.29) is 17.6 Å². The summed E-state index contributed by atoms with van der Waals surface area (Å²) >= 11 is 0. The fourth-order valence-corrected chi connectivity index (χ4v) is 3.23. The molecule has 1 aliphatic heterocycles. The van der Waals surface area contributed by atoms with Gasteiger partial charge in [0.05, 0.1) is 26.3 Å². The number of hydrogen-bond acceptors (Lipinski definition) is 5. The second-order valence-electron chi connectivity index (χ2n) is 6.55. The van der Waals surface area contributed by atoms with Gasteiger partial charge in [-0.05, 0) is 25.1 Å². The molecule has 27 heavy (non-hydrogen) atoms. The highest BCUT2D eigenvalue weighted by Gasteiger charge is 2.30. The number of aromatic nitrogens is 1. The lowest BCUT2D eigenvalue weighted by Crippen LogP contribution is -2.31. The molecule has 1 atom stereocenters. The maximum Gasteiger partial charge on any atom is 0.257 e. The van der Waals surface area contributed by atoms with Gasteiger partial charge in [-0.25, -0.2) is 0 Å². The topological polar surface area (TPSA) is 70.0 Å². The molecule has 0 aliphatic carbocycles. The number of nitrogens with zero attached hydrogens (tertiary/aromatic N) is 2. The zero-order valence-electron chi connectivity index (χ0n) is 16.0. The first kappa shape index (κ1) is 18.8. The van der Waals surface area contributed by atoms with Gasteiger partial charge in [0.1, 0.15) is 11.9 Å². The molecule has 1 aromatic carbocycles. The van der Waals surface area contributed by atoms with Crippen molar-refractivity contribution in [1.82, 2.24) is 9.47 Å². The summed E-state index contributed by atoms with van der Waals surface area (Å²) in [6, 6.07) is 8.55. The molecule has 0 bridgehead atoms. The molecular weight excluding hydrogens is 348 g/mol. The van der Waals surface area contributed by atoms with Crippen LogP contribution in [0.4, 0.5) is 0 Å². The number of methoxy groups -OCH3 is 2. The molecular formula is C20H24N2O5. The van der Waals surface area contributed by atoms with E-state index in [1.54, 1.807) is 34.7 Å². The van der Waals surface area contributed by atoms with Gasteiger partial charge in [0.25, 0.3) is 11.5 Å². The summed E-state index contributed by atoms with van der Waals surface area (Å²) in [4.78, 5) is 26.6. The van der Waals surface area contributed by atoms with Crippen molar-refractivity contribution in [3.8, 4) is 17.2 Å². The zero-order valence-corrected chi connectivity index (χ0v) is 16.0. The molecule has 1 saturated heterocycles. The SMILES string of the molecule is COc1cccc(C(=O)N2CCC(Oc3cc(C)n(C)c(=O)c3)C2)c1OC. The standard InChI is InChI=1S/C20H24N2O5/c1-13-10-15(11-18(23)21(13)2)27-14-8-9-22(12-14)20(24)16-6-5-7-17(25-3)19(16)26-4/h5-7,10-11,14H,8-9,12H2,1-4H3. The summed E-state index contributed by atoms with van der Waals surface area (Å²) in [5, 5.41) is 0. The zero-order chi connectivity index (χ0) is 19.6. The minimum Gasteiger partial charge on any atom is -0.493 e. The third-order valence-corrected chi connectivity index (χ3v) is 4.84. The fraction of sp³-hybridized carbons (Fsp3) is 0.400. The quantitative estimate of drug-likeness (QED) is 0.803. The number of rotatable bonds is 5. The van der Waals surface area contributed by atoms with Crippen LogP contribution < -0.4 is 19.8 Å². The van der Waals surface area contributed by atoms with E-state index in [4.69, 9.17) is 14.2 Å². The van der Waals surface area contributed by atoms with Gasteiger partial charge in [0.2, 0.25) is 0 Å². The fourth-order valence-electron chi connectivity index (χ4n) is 3.23. The molecule has 2 aromatic rings. The summed E-state index contributed by atoms with van der Waals surface area (Å²) in [7, 11) is 4.78. The molecule has 7 heteroatoms. The van der Waals surface area contributed by atoms with Crippen molar-refractivity contribution < 1.29 is 19.0 Å². The van der Waals surface area contributed by atoms with Gasteiger partial charge >= 0.3 is 0 Å². The highest BCUT2D eigenvalue weighted by atomic mass is 16.5. The Morgan fingerprint density at radius 3 is 2.63 bits per heavy atom. The molecule has 1 unspecified atom stereocenters. The first-order valence-electron chi connectivity index (χ1n) is 8.79. The van der Waals surface area contributed by atoms with Crippen molar-refractivity contribution in [2.75, 3.05) is 27.3 Å². The molecule has 7 nitrogen and oxygen atoms in total. The maximum atomic E-state index is 12.9. The number of carbonyl (C=O) groups is 1. The first-order valence-corrected chi connectivity index (χ1v) is 8.79. The average Bonchev–Trinajstić information content (AvgIpc) is 3.13. The Hall–Kier alpha value is -2.96. The predicted octanol–water partition coefficient (Wildman–Crippen LogP) is 2.00. The number of likely N-dealkylation sites (tertiary alicyclic amines) is 1. The predicted molar refractivity (Wildman–Crippen MR) is 101 cm³/mol. The largest absolute Gasteiger partial charge is 0.493 e. The van der Waals surface area contributed by atoms with Gasteiger partial charge in [-0.15, -0.1) is 0 Å². The van der Waals surface area contributed by atoms with Crippen LogP contribution in [-0.4, -0.2) is 48.8 Å². The number of benzene rings is 1. The number of pyridine rings is 1. The second-order valence-corrected chi connectivity index (χ2v) is 6.55. The van der Waals surface area contributed by atoms with Crippen molar-refractivity contribution in [3.63, 3.8) is 0 Å². The number of aryl methyl sites for hydroxylation is 1. The molecule has 144 valence electrons. The van der Waals surface area contributed by atoms with E-state index < -0.39 is 0 Å². The third kappa shape index (κ3) is 3.77. The van der Waals surface area contributed by atoms with Crippen molar-refractivity contribution in [2.24, 2.45) is 7.05 Å². The van der Waals surface area contributed by atoms with E-state index in [0.717, 1.165) is 5.69 Å². The van der Waals surface area contributed by atoms with Crippen LogP contribution in [0.25, 0.3) is 0 Å². The van der Waals surface area contributed by atoms with Crippen LogP contribution in [0.2, 0.25) is 0 Å². The lowest BCUT2D eigenvalue weighted by molar-refractivity contribution is 0.0768. The molecule has 0 saturated carbocycles. The van der Waals surface area contributed by atoms with Crippen LogP contribution in [0, 0.1) is 6.92 Å². The number of ether oxygens (including phenoxy) is 3. The smallest absolute Gasteiger partial charge is 0.257 e. The van der Waals surface area contributed by atoms with E-state index in [9.17, 15) is 9.59 Å². The van der Waals surface area contributed by atoms with Crippen LogP contribution >= 0.6 is 0 Å². The molecule has 0 N–H and O–H groups in total. The van der Waals surface area contributed by atoms with E-state index in [0.29, 0.717) is 42.3 Å². The second kappa shape index (κ2) is 7.73. The molecule has 1 aromatic heterocycles. The van der Waals surface area contributed by atoms with Gasteiger partial charge < -0.3 is 23.7 Å². The molecule has 1 fully saturated rings. The Labute approximate surface area is 158 Å². The van der Waals surface area contributed by atoms with Crippen LogP contribution in [0.1, 0.15) is 22.5 Å². The van der Waals surface area contributed by atoms with E-state index in [1.807, 2.05) is 13.0 Å². The van der Waals surface area contributed by atoms with Gasteiger partial charge in [-0.1, -0.05) is 6.07 Å².